The minimum absolute atomic E-state index is 0. The molecule has 0 aliphatic heterocycles. The zero-order chi connectivity index (χ0) is 8.57. The van der Waals surface area contributed by atoms with Crippen molar-refractivity contribution in [3.8, 4) is 0 Å². The molecule has 0 saturated heterocycles. The third kappa shape index (κ3) is 35.6. The molecule has 7 heteroatoms. The van der Waals surface area contributed by atoms with Crippen molar-refractivity contribution < 1.29 is 9.47 Å². The van der Waals surface area contributed by atoms with E-state index in [1.54, 1.807) is 0 Å². The molecular weight excluding hydrogens is 336 g/mol. The summed E-state index contributed by atoms with van der Waals surface area (Å²) in [4.78, 5) is 0. The predicted molar refractivity (Wildman–Crippen MR) is 59.7 cm³/mol. The van der Waals surface area contributed by atoms with E-state index in [4.69, 9.17) is 0 Å². The normalized spacial score (nSPS) is 6.00. The first-order valence-corrected chi connectivity index (χ1v) is 3.67. The zero-order valence-corrected chi connectivity index (χ0v) is 11.5. The van der Waals surface area contributed by atoms with Crippen molar-refractivity contribution in [2.75, 3.05) is 14.2 Å². The summed E-state index contributed by atoms with van der Waals surface area (Å²) in [5, 5.41) is 0. The fraction of sp³-hybridized carbons (Fsp3) is 0.500. The Labute approximate surface area is 105 Å². The van der Waals surface area contributed by atoms with Crippen LogP contribution in [0, 0.1) is 0 Å². The quantitative estimate of drug-likeness (QED) is 0.361. The van der Waals surface area contributed by atoms with Gasteiger partial charge in [0.2, 0.25) is 0 Å². The van der Waals surface area contributed by atoms with Crippen molar-refractivity contribution >= 4 is 82.1 Å². The molecular formula is C4H6O2S4Te. The smallest absolute Gasteiger partial charge is 0.517 e. The second-order valence-electron chi connectivity index (χ2n) is 0.908. The molecule has 0 rings (SSSR count). The average molecular weight is 342 g/mol. The van der Waals surface area contributed by atoms with Crippen molar-refractivity contribution in [1.82, 2.24) is 0 Å². The standard InChI is InChI=1S/2C2H4OS2.Te/c2*1-3-2(4)5;/h2*1H3,(H,4,5);/q;;+2/p-2. The third-order valence-corrected chi connectivity index (χ3v) is 1.00. The van der Waals surface area contributed by atoms with Gasteiger partial charge >= 0.3 is 23.7 Å². The van der Waals surface area contributed by atoms with Gasteiger partial charge in [0.1, 0.15) is 0 Å². The Bertz CT molecular complexity index is 105. The molecule has 11 heavy (non-hydrogen) atoms. The van der Waals surface area contributed by atoms with Crippen molar-refractivity contribution in [2.24, 2.45) is 0 Å². The molecule has 0 aliphatic carbocycles. The summed E-state index contributed by atoms with van der Waals surface area (Å²) in [7, 11) is 2.91. The molecule has 0 saturated carbocycles. The number of rotatable bonds is 0. The van der Waals surface area contributed by atoms with Crippen LogP contribution in [0.2, 0.25) is 0 Å². The van der Waals surface area contributed by atoms with Crippen LogP contribution in [0.1, 0.15) is 0 Å². The first-order chi connectivity index (χ1) is 4.54. The molecule has 0 fully saturated rings. The summed E-state index contributed by atoms with van der Waals surface area (Å²) in [6, 6.07) is 0. The van der Waals surface area contributed by atoms with Crippen LogP contribution >= 0.6 is 24.4 Å². The second kappa shape index (κ2) is 13.6. The summed E-state index contributed by atoms with van der Waals surface area (Å²) in [5.74, 6) is 0. The minimum atomic E-state index is 0. The van der Waals surface area contributed by atoms with E-state index >= 15 is 0 Å². The van der Waals surface area contributed by atoms with Gasteiger partial charge in [-0.25, -0.2) is 0 Å². The Hall–Kier alpha value is 1.01. The first-order valence-electron chi connectivity index (χ1n) is 2.04. The average Bonchev–Trinajstić information content (AvgIpc) is 1.89. The summed E-state index contributed by atoms with van der Waals surface area (Å²) >= 11 is 17.2. The van der Waals surface area contributed by atoms with E-state index in [0.717, 1.165) is 0 Å². The Morgan fingerprint density at radius 1 is 1.00 bits per heavy atom. The van der Waals surface area contributed by atoms with Crippen molar-refractivity contribution in [2.45, 2.75) is 0 Å². The van der Waals surface area contributed by atoms with Crippen LogP contribution in [0.15, 0.2) is 0 Å². The van der Waals surface area contributed by atoms with Gasteiger partial charge in [0.05, 0.1) is 14.2 Å². The summed E-state index contributed by atoms with van der Waals surface area (Å²) in [6.07, 6.45) is 0. The van der Waals surface area contributed by atoms with Crippen molar-refractivity contribution in [3.05, 3.63) is 0 Å². The van der Waals surface area contributed by atoms with Crippen LogP contribution in [0.3, 0.4) is 0 Å². The molecule has 0 atom stereocenters. The molecule has 4 radical (unpaired) electrons. The molecule has 0 aromatic heterocycles. The van der Waals surface area contributed by atoms with Crippen LogP contribution in [-0.2, 0) is 34.7 Å². The van der Waals surface area contributed by atoms with E-state index < -0.39 is 0 Å². The van der Waals surface area contributed by atoms with Gasteiger partial charge in [0.25, 0.3) is 0 Å². The van der Waals surface area contributed by atoms with E-state index in [1.165, 1.54) is 14.2 Å². The molecule has 64 valence electrons. The van der Waals surface area contributed by atoms with Crippen LogP contribution < -0.4 is 0 Å². The number of hydrogen-bond acceptors (Lipinski definition) is 6. The van der Waals surface area contributed by atoms with Gasteiger partial charge in [-0.3, -0.25) is 0 Å². The minimum Gasteiger partial charge on any atom is -0.517 e. The summed E-state index contributed by atoms with van der Waals surface area (Å²) in [5.41, 5.74) is 0. The maximum atomic E-state index is 4.30. The van der Waals surface area contributed by atoms with Crippen molar-refractivity contribution in [1.29, 1.82) is 0 Å². The molecule has 0 amide bonds. The molecule has 0 heterocycles. The van der Waals surface area contributed by atoms with Crippen LogP contribution in [0.25, 0.3) is 0 Å². The van der Waals surface area contributed by atoms with Gasteiger partial charge in [0, 0.05) is 8.77 Å². The summed E-state index contributed by atoms with van der Waals surface area (Å²) < 4.78 is 8.94. The fourth-order valence-corrected chi connectivity index (χ4v) is 0. The van der Waals surface area contributed by atoms with Crippen molar-refractivity contribution in [3.63, 3.8) is 0 Å². The van der Waals surface area contributed by atoms with Gasteiger partial charge in [-0.1, -0.05) is 0 Å². The van der Waals surface area contributed by atoms with Crippen LogP contribution in [0.5, 0.6) is 0 Å². The zero-order valence-electron chi connectivity index (χ0n) is 5.86. The number of thiocarbonyl (C=S) groups is 2. The second-order valence-corrected chi connectivity index (χ2v) is 2.91. The molecule has 0 aromatic rings. The third-order valence-electron chi connectivity index (χ3n) is 0.333. The number of methoxy groups -OCH3 is 2. The maximum absolute atomic E-state index is 4.30. The number of hydrogen-bond donors (Lipinski definition) is 0. The Morgan fingerprint density at radius 2 is 1.09 bits per heavy atom. The molecule has 0 spiro atoms. The Balaban J connectivity index is -0.000000107. The van der Waals surface area contributed by atoms with Crippen LogP contribution in [-0.4, -0.2) is 46.7 Å². The van der Waals surface area contributed by atoms with Gasteiger partial charge < -0.3 is 59.2 Å². The summed E-state index contributed by atoms with van der Waals surface area (Å²) in [6.45, 7) is 0. The Kier molecular flexibility index (Phi) is 22.2. The molecule has 0 aliphatic rings. The van der Waals surface area contributed by atoms with Crippen LogP contribution in [0.4, 0.5) is 0 Å². The predicted octanol–water partition coefficient (Wildman–Crippen LogP) is 0.548. The van der Waals surface area contributed by atoms with Gasteiger partial charge in [-0.15, -0.1) is 0 Å². The van der Waals surface area contributed by atoms with E-state index in [0.29, 0.717) is 0 Å². The Morgan fingerprint density at radius 3 is 1.09 bits per heavy atom. The van der Waals surface area contributed by atoms with Gasteiger partial charge in [-0.05, 0) is 0 Å². The number of ether oxygens (including phenoxy) is 2. The van der Waals surface area contributed by atoms with E-state index in [-0.39, 0.29) is 32.4 Å². The molecule has 0 aromatic carbocycles. The maximum Gasteiger partial charge on any atom is 2.00 e. The first kappa shape index (κ1) is 17.9. The van der Waals surface area contributed by atoms with E-state index in [9.17, 15) is 0 Å². The SMILES string of the molecule is COC(=S)[S-].COC(=S)[S-].[Te+2]. The van der Waals surface area contributed by atoms with Gasteiger partial charge in [0.15, 0.2) is 0 Å². The van der Waals surface area contributed by atoms with Gasteiger partial charge in [-0.2, -0.15) is 0 Å². The molecule has 2 nitrogen and oxygen atoms in total. The molecule has 0 unspecified atom stereocenters. The topological polar surface area (TPSA) is 18.5 Å². The molecule has 0 bridgehead atoms. The molecule has 0 N–H and O–H groups in total. The monoisotopic (exact) mass is 344 g/mol. The van der Waals surface area contributed by atoms with E-state index in [1.807, 2.05) is 0 Å². The van der Waals surface area contributed by atoms with E-state index in [2.05, 4.69) is 59.2 Å². The fourth-order valence-electron chi connectivity index (χ4n) is 0. The largest absolute Gasteiger partial charge is 2.00 e.